The van der Waals surface area contributed by atoms with Crippen molar-refractivity contribution in [3.63, 3.8) is 0 Å². The molecule has 0 radical (unpaired) electrons. The van der Waals surface area contributed by atoms with E-state index in [1.807, 2.05) is 42.8 Å². The summed E-state index contributed by atoms with van der Waals surface area (Å²) in [5.74, 6) is 0.00168. The van der Waals surface area contributed by atoms with Crippen LogP contribution in [0.5, 0.6) is 0 Å². The van der Waals surface area contributed by atoms with Crippen molar-refractivity contribution in [3.8, 4) is 0 Å². The molecule has 0 aliphatic heterocycles. The fourth-order valence-corrected chi connectivity index (χ4v) is 3.93. The molecule has 1 N–H and O–H groups in total. The van der Waals surface area contributed by atoms with E-state index < -0.39 is 0 Å². The van der Waals surface area contributed by atoms with Crippen molar-refractivity contribution in [1.29, 1.82) is 0 Å². The Morgan fingerprint density at radius 1 is 1.39 bits per heavy atom. The molecule has 3 heterocycles. The zero-order valence-corrected chi connectivity index (χ0v) is 14.7. The first-order valence-corrected chi connectivity index (χ1v) is 8.55. The van der Waals surface area contributed by atoms with Crippen LogP contribution in [0.2, 0.25) is 0 Å². The highest BCUT2D eigenvalue weighted by molar-refractivity contribution is 7.12. The number of rotatable bonds is 4. The molecule has 0 spiro atoms. The van der Waals surface area contributed by atoms with Gasteiger partial charge in [-0.2, -0.15) is 0 Å². The predicted octanol–water partition coefficient (Wildman–Crippen LogP) is 3.74. The summed E-state index contributed by atoms with van der Waals surface area (Å²) < 4.78 is 1.97. The molecule has 0 aliphatic rings. The van der Waals surface area contributed by atoms with Gasteiger partial charge < -0.3 is 9.72 Å². The number of amides is 1. The van der Waals surface area contributed by atoms with Crippen LogP contribution in [0.4, 0.5) is 0 Å². The lowest BCUT2D eigenvalue weighted by atomic mass is 10.1. The molecular weight excluding hydrogens is 306 g/mol. The van der Waals surface area contributed by atoms with Gasteiger partial charge in [-0.3, -0.25) is 4.79 Å². The maximum absolute atomic E-state index is 12.3. The highest BCUT2D eigenvalue weighted by atomic mass is 32.1. The first kappa shape index (κ1) is 15.7. The van der Waals surface area contributed by atoms with Crippen molar-refractivity contribution in [2.75, 3.05) is 0 Å². The fraction of sp³-hybridized carbons (Fsp3) is 0.333. The van der Waals surface area contributed by atoms with Crippen molar-refractivity contribution in [1.82, 2.24) is 14.7 Å². The Balaban J connectivity index is 1.71. The second-order valence-electron chi connectivity index (χ2n) is 5.99. The van der Waals surface area contributed by atoms with Crippen LogP contribution in [0.1, 0.15) is 39.5 Å². The van der Waals surface area contributed by atoms with E-state index in [4.69, 9.17) is 0 Å². The molecule has 0 aromatic carbocycles. The van der Waals surface area contributed by atoms with Crippen LogP contribution in [-0.4, -0.2) is 15.3 Å². The number of hydrogen-bond acceptors (Lipinski definition) is 3. The molecular formula is C18H21N3OS. The van der Waals surface area contributed by atoms with E-state index in [1.165, 1.54) is 15.3 Å². The van der Waals surface area contributed by atoms with Gasteiger partial charge >= 0.3 is 0 Å². The number of imidazole rings is 1. The van der Waals surface area contributed by atoms with Crippen molar-refractivity contribution < 1.29 is 4.79 Å². The number of nitrogens with zero attached hydrogens (tertiary/aromatic N) is 2. The summed E-state index contributed by atoms with van der Waals surface area (Å²) in [5.41, 5.74) is 4.01. The van der Waals surface area contributed by atoms with Crippen molar-refractivity contribution in [3.05, 3.63) is 57.2 Å². The SMILES string of the molecule is Cc1cc(C(C)NC(=O)Cc2cn3cccc(C)c3n2)c(C)s1. The molecule has 3 aromatic rings. The van der Waals surface area contributed by atoms with Crippen LogP contribution < -0.4 is 5.32 Å². The molecule has 1 amide bonds. The average molecular weight is 327 g/mol. The van der Waals surface area contributed by atoms with Crippen molar-refractivity contribution in [2.45, 2.75) is 40.2 Å². The number of pyridine rings is 1. The second-order valence-corrected chi connectivity index (χ2v) is 7.45. The molecule has 0 bridgehead atoms. The van der Waals surface area contributed by atoms with Crippen LogP contribution >= 0.6 is 11.3 Å². The van der Waals surface area contributed by atoms with E-state index in [0.717, 1.165) is 16.9 Å². The lowest BCUT2D eigenvalue weighted by Gasteiger charge is -2.13. The molecule has 0 saturated heterocycles. The van der Waals surface area contributed by atoms with Gasteiger partial charge in [0.1, 0.15) is 5.65 Å². The predicted molar refractivity (Wildman–Crippen MR) is 94.0 cm³/mol. The minimum atomic E-state index is 0.00168. The Morgan fingerprint density at radius 2 is 2.17 bits per heavy atom. The number of hydrogen-bond donors (Lipinski definition) is 1. The van der Waals surface area contributed by atoms with E-state index in [0.29, 0.717) is 6.42 Å². The Bertz CT molecular complexity index is 862. The van der Waals surface area contributed by atoms with Crippen LogP contribution in [0.3, 0.4) is 0 Å². The third-order valence-corrected chi connectivity index (χ3v) is 4.97. The number of nitrogens with one attached hydrogen (secondary N) is 1. The Kier molecular flexibility index (Phi) is 4.22. The van der Waals surface area contributed by atoms with Crippen molar-refractivity contribution >= 4 is 22.9 Å². The lowest BCUT2D eigenvalue weighted by molar-refractivity contribution is -0.121. The fourth-order valence-electron chi connectivity index (χ4n) is 2.90. The van der Waals surface area contributed by atoms with Gasteiger partial charge in [0.15, 0.2) is 0 Å². The highest BCUT2D eigenvalue weighted by Crippen LogP contribution is 2.26. The maximum Gasteiger partial charge on any atom is 0.226 e. The largest absolute Gasteiger partial charge is 0.349 e. The minimum Gasteiger partial charge on any atom is -0.349 e. The summed E-state index contributed by atoms with van der Waals surface area (Å²) in [5, 5.41) is 3.08. The molecule has 0 fully saturated rings. The van der Waals surface area contributed by atoms with Crippen molar-refractivity contribution in [2.24, 2.45) is 0 Å². The van der Waals surface area contributed by atoms with E-state index in [2.05, 4.69) is 30.2 Å². The van der Waals surface area contributed by atoms with Gasteiger partial charge in [0.05, 0.1) is 18.2 Å². The van der Waals surface area contributed by atoms with Crippen LogP contribution in [0.25, 0.3) is 5.65 Å². The molecule has 5 heteroatoms. The quantitative estimate of drug-likeness (QED) is 0.793. The van der Waals surface area contributed by atoms with Gasteiger partial charge in [0, 0.05) is 22.1 Å². The van der Waals surface area contributed by atoms with Gasteiger partial charge in [-0.05, 0) is 51.0 Å². The zero-order valence-electron chi connectivity index (χ0n) is 13.9. The Morgan fingerprint density at radius 3 is 2.83 bits per heavy atom. The Labute approximate surface area is 140 Å². The van der Waals surface area contributed by atoms with Gasteiger partial charge in [-0.25, -0.2) is 4.98 Å². The number of carbonyl (C=O) groups excluding carboxylic acids is 1. The Hall–Kier alpha value is -2.14. The number of carbonyl (C=O) groups is 1. The molecule has 0 aliphatic carbocycles. The summed E-state index contributed by atoms with van der Waals surface area (Å²) >= 11 is 1.77. The van der Waals surface area contributed by atoms with E-state index >= 15 is 0 Å². The normalized spacial score (nSPS) is 12.5. The topological polar surface area (TPSA) is 46.4 Å². The van der Waals surface area contributed by atoms with Gasteiger partial charge in [0.25, 0.3) is 0 Å². The molecule has 1 unspecified atom stereocenters. The van der Waals surface area contributed by atoms with E-state index in [1.54, 1.807) is 11.3 Å². The molecule has 4 nitrogen and oxygen atoms in total. The number of fused-ring (bicyclic) bond motifs is 1. The summed E-state index contributed by atoms with van der Waals surface area (Å²) in [4.78, 5) is 19.4. The molecule has 1 atom stereocenters. The average Bonchev–Trinajstić information content (AvgIpc) is 3.02. The highest BCUT2D eigenvalue weighted by Gasteiger charge is 2.15. The lowest BCUT2D eigenvalue weighted by Crippen LogP contribution is -2.28. The van der Waals surface area contributed by atoms with Crippen LogP contribution in [0, 0.1) is 20.8 Å². The first-order valence-electron chi connectivity index (χ1n) is 7.73. The van der Waals surface area contributed by atoms with Crippen LogP contribution in [0.15, 0.2) is 30.6 Å². The standard InChI is InChI=1S/C18H21N3OS/c1-11-6-5-7-21-10-15(20-18(11)21)9-17(22)19-13(3)16-8-12(2)23-14(16)4/h5-8,10,13H,9H2,1-4H3,(H,19,22). The third kappa shape index (κ3) is 3.29. The zero-order chi connectivity index (χ0) is 16.6. The van der Waals surface area contributed by atoms with E-state index in [-0.39, 0.29) is 11.9 Å². The monoisotopic (exact) mass is 327 g/mol. The second kappa shape index (κ2) is 6.16. The molecule has 23 heavy (non-hydrogen) atoms. The van der Waals surface area contributed by atoms with Gasteiger partial charge in [-0.1, -0.05) is 6.07 Å². The smallest absolute Gasteiger partial charge is 0.226 e. The minimum absolute atomic E-state index is 0.00168. The summed E-state index contributed by atoms with van der Waals surface area (Å²) in [7, 11) is 0. The first-order chi connectivity index (χ1) is 10.9. The maximum atomic E-state index is 12.3. The molecule has 3 rings (SSSR count). The summed E-state index contributed by atoms with van der Waals surface area (Å²) in [6.07, 6.45) is 4.18. The summed E-state index contributed by atoms with van der Waals surface area (Å²) in [6.45, 7) is 8.24. The molecule has 120 valence electrons. The molecule has 0 saturated carbocycles. The van der Waals surface area contributed by atoms with Crippen LogP contribution in [-0.2, 0) is 11.2 Å². The van der Waals surface area contributed by atoms with Gasteiger partial charge in [-0.15, -0.1) is 11.3 Å². The van der Waals surface area contributed by atoms with E-state index in [9.17, 15) is 4.79 Å². The summed E-state index contributed by atoms with van der Waals surface area (Å²) in [6, 6.07) is 6.18. The number of aryl methyl sites for hydroxylation is 3. The number of thiophene rings is 1. The molecule has 3 aromatic heterocycles. The van der Waals surface area contributed by atoms with Gasteiger partial charge in [0.2, 0.25) is 5.91 Å². The third-order valence-electron chi connectivity index (χ3n) is 3.99. The number of aromatic nitrogens is 2.